The smallest absolute Gasteiger partial charge is 0.254 e. The van der Waals surface area contributed by atoms with Gasteiger partial charge in [0.25, 0.3) is 5.91 Å². The van der Waals surface area contributed by atoms with Crippen molar-refractivity contribution in [3.8, 4) is 11.5 Å². The number of nitrogens with zero attached hydrogens (tertiary/aromatic N) is 2. The third kappa shape index (κ3) is 4.54. The Bertz CT molecular complexity index is 1120. The molecule has 3 aromatic rings. The summed E-state index contributed by atoms with van der Waals surface area (Å²) in [6, 6.07) is 19.3. The van der Waals surface area contributed by atoms with Crippen LogP contribution in [0.4, 0.5) is 0 Å². The minimum absolute atomic E-state index is 0.0241. The van der Waals surface area contributed by atoms with E-state index in [9.17, 15) is 9.59 Å². The standard InChI is InChI=1S/C26H28N2O4/c1-31-23-12-11-19(17-24(23)32-2)18-25(29)27-13-6-14-28(16-15-27)26(30)22-10-5-8-20-7-3-4-9-21(20)22/h3-5,7-12,17H,6,13-16,18H2,1-2H3. The minimum atomic E-state index is 0.0241. The zero-order valence-electron chi connectivity index (χ0n) is 18.5. The van der Waals surface area contributed by atoms with Crippen LogP contribution in [0.25, 0.3) is 10.8 Å². The molecule has 0 spiro atoms. The van der Waals surface area contributed by atoms with Gasteiger partial charge in [-0.1, -0.05) is 42.5 Å². The summed E-state index contributed by atoms with van der Waals surface area (Å²) >= 11 is 0. The van der Waals surface area contributed by atoms with Gasteiger partial charge in [0.05, 0.1) is 20.6 Å². The van der Waals surface area contributed by atoms with Crippen molar-refractivity contribution in [2.45, 2.75) is 12.8 Å². The fourth-order valence-corrected chi connectivity index (χ4v) is 4.23. The molecule has 1 saturated heterocycles. The van der Waals surface area contributed by atoms with Gasteiger partial charge in [0.1, 0.15) is 0 Å². The van der Waals surface area contributed by atoms with E-state index in [1.165, 1.54) is 0 Å². The lowest BCUT2D eigenvalue weighted by Crippen LogP contribution is -2.38. The van der Waals surface area contributed by atoms with Gasteiger partial charge in [-0.2, -0.15) is 0 Å². The molecule has 166 valence electrons. The summed E-state index contributed by atoms with van der Waals surface area (Å²) in [7, 11) is 3.17. The third-order valence-corrected chi connectivity index (χ3v) is 5.96. The van der Waals surface area contributed by atoms with Gasteiger partial charge >= 0.3 is 0 Å². The van der Waals surface area contributed by atoms with Crippen LogP contribution in [0.2, 0.25) is 0 Å². The summed E-state index contributed by atoms with van der Waals surface area (Å²) in [5.41, 5.74) is 1.59. The number of benzene rings is 3. The van der Waals surface area contributed by atoms with Gasteiger partial charge < -0.3 is 19.3 Å². The molecule has 0 unspecified atom stereocenters. The van der Waals surface area contributed by atoms with Crippen LogP contribution in [0.5, 0.6) is 11.5 Å². The minimum Gasteiger partial charge on any atom is -0.493 e. The zero-order valence-corrected chi connectivity index (χ0v) is 18.5. The van der Waals surface area contributed by atoms with Crippen molar-refractivity contribution in [1.82, 2.24) is 9.80 Å². The fraction of sp³-hybridized carbons (Fsp3) is 0.308. The highest BCUT2D eigenvalue weighted by Crippen LogP contribution is 2.28. The number of hydrogen-bond donors (Lipinski definition) is 0. The summed E-state index contributed by atoms with van der Waals surface area (Å²) in [5.74, 6) is 1.33. The Labute approximate surface area is 188 Å². The Hall–Kier alpha value is -3.54. The average Bonchev–Trinajstić information content (AvgIpc) is 3.09. The maximum atomic E-state index is 13.3. The number of carbonyl (C=O) groups is 2. The number of amides is 2. The van der Waals surface area contributed by atoms with Gasteiger partial charge in [-0.25, -0.2) is 0 Å². The normalized spacial score (nSPS) is 14.2. The summed E-state index contributed by atoms with van der Waals surface area (Å²) < 4.78 is 10.6. The molecule has 3 aromatic carbocycles. The first-order valence-electron chi connectivity index (χ1n) is 10.9. The van der Waals surface area contributed by atoms with Crippen molar-refractivity contribution in [2.75, 3.05) is 40.4 Å². The summed E-state index contributed by atoms with van der Waals surface area (Å²) in [5, 5.41) is 2.02. The van der Waals surface area contributed by atoms with E-state index in [1.54, 1.807) is 14.2 Å². The van der Waals surface area contributed by atoms with Gasteiger partial charge in [0.15, 0.2) is 11.5 Å². The molecule has 1 aliphatic heterocycles. The highest BCUT2D eigenvalue weighted by atomic mass is 16.5. The number of carbonyl (C=O) groups excluding carboxylic acids is 2. The molecule has 6 nitrogen and oxygen atoms in total. The molecular weight excluding hydrogens is 404 g/mol. The molecule has 0 N–H and O–H groups in total. The Morgan fingerprint density at radius 3 is 2.34 bits per heavy atom. The first-order valence-corrected chi connectivity index (χ1v) is 10.9. The van der Waals surface area contributed by atoms with E-state index in [-0.39, 0.29) is 18.2 Å². The van der Waals surface area contributed by atoms with Gasteiger partial charge in [-0.3, -0.25) is 9.59 Å². The molecule has 0 radical (unpaired) electrons. The number of hydrogen-bond acceptors (Lipinski definition) is 4. The molecule has 32 heavy (non-hydrogen) atoms. The first-order chi connectivity index (χ1) is 15.6. The Morgan fingerprint density at radius 1 is 0.812 bits per heavy atom. The molecule has 0 aliphatic carbocycles. The molecule has 1 fully saturated rings. The Balaban J connectivity index is 1.42. The fourth-order valence-electron chi connectivity index (χ4n) is 4.23. The predicted octanol–water partition coefficient (Wildman–Crippen LogP) is 3.77. The number of methoxy groups -OCH3 is 2. The number of ether oxygens (including phenoxy) is 2. The molecule has 2 amide bonds. The lowest BCUT2D eigenvalue weighted by Gasteiger charge is -2.23. The predicted molar refractivity (Wildman–Crippen MR) is 124 cm³/mol. The summed E-state index contributed by atoms with van der Waals surface area (Å²) in [6.07, 6.45) is 1.05. The second-order valence-electron chi connectivity index (χ2n) is 7.92. The van der Waals surface area contributed by atoms with Gasteiger partial charge in [0.2, 0.25) is 5.91 Å². The summed E-state index contributed by atoms with van der Waals surface area (Å²) in [6.45, 7) is 2.34. The molecule has 0 bridgehead atoms. The Kier molecular flexibility index (Phi) is 6.59. The molecule has 4 rings (SSSR count). The largest absolute Gasteiger partial charge is 0.493 e. The van der Waals surface area contributed by atoms with E-state index in [2.05, 4.69) is 0 Å². The lowest BCUT2D eigenvalue weighted by molar-refractivity contribution is -0.130. The van der Waals surface area contributed by atoms with E-state index in [0.717, 1.165) is 22.8 Å². The molecule has 0 aromatic heterocycles. The van der Waals surface area contributed by atoms with Crippen LogP contribution in [-0.2, 0) is 11.2 Å². The molecule has 1 aliphatic rings. The van der Waals surface area contributed by atoms with Crippen molar-refractivity contribution in [3.05, 3.63) is 71.8 Å². The topological polar surface area (TPSA) is 59.1 Å². The third-order valence-electron chi connectivity index (χ3n) is 5.96. The first kappa shape index (κ1) is 21.7. The van der Waals surface area contributed by atoms with Crippen molar-refractivity contribution in [1.29, 1.82) is 0 Å². The van der Waals surface area contributed by atoms with Crippen LogP contribution in [0.15, 0.2) is 60.7 Å². The van der Waals surface area contributed by atoms with Crippen molar-refractivity contribution in [3.63, 3.8) is 0 Å². The number of rotatable bonds is 5. The van der Waals surface area contributed by atoms with Crippen molar-refractivity contribution < 1.29 is 19.1 Å². The molecule has 1 heterocycles. The number of fused-ring (bicyclic) bond motifs is 1. The van der Waals surface area contributed by atoms with Gasteiger partial charge in [0, 0.05) is 31.7 Å². The maximum absolute atomic E-state index is 13.3. The molecule has 0 atom stereocenters. The lowest BCUT2D eigenvalue weighted by atomic mass is 10.0. The van der Waals surface area contributed by atoms with E-state index < -0.39 is 0 Å². The van der Waals surface area contributed by atoms with Crippen LogP contribution in [0, 0.1) is 0 Å². The maximum Gasteiger partial charge on any atom is 0.254 e. The molecule has 6 heteroatoms. The summed E-state index contributed by atoms with van der Waals surface area (Å²) in [4.78, 5) is 29.9. The van der Waals surface area contributed by atoms with Crippen LogP contribution in [0.1, 0.15) is 22.3 Å². The Morgan fingerprint density at radius 2 is 1.53 bits per heavy atom. The molecule has 0 saturated carbocycles. The highest BCUT2D eigenvalue weighted by molar-refractivity contribution is 6.07. The average molecular weight is 433 g/mol. The van der Waals surface area contributed by atoms with Gasteiger partial charge in [-0.15, -0.1) is 0 Å². The highest BCUT2D eigenvalue weighted by Gasteiger charge is 2.24. The monoisotopic (exact) mass is 432 g/mol. The van der Waals surface area contributed by atoms with Crippen molar-refractivity contribution in [2.24, 2.45) is 0 Å². The zero-order chi connectivity index (χ0) is 22.5. The van der Waals surface area contributed by atoms with E-state index >= 15 is 0 Å². The SMILES string of the molecule is COc1ccc(CC(=O)N2CCCN(C(=O)c3cccc4ccccc34)CC2)cc1OC. The van der Waals surface area contributed by atoms with E-state index in [1.807, 2.05) is 70.5 Å². The van der Waals surface area contributed by atoms with Crippen LogP contribution in [-0.4, -0.2) is 62.0 Å². The van der Waals surface area contributed by atoms with Crippen LogP contribution < -0.4 is 9.47 Å². The quantitative estimate of drug-likeness (QED) is 0.616. The second-order valence-corrected chi connectivity index (χ2v) is 7.92. The van der Waals surface area contributed by atoms with E-state index in [4.69, 9.17) is 9.47 Å². The van der Waals surface area contributed by atoms with Crippen molar-refractivity contribution >= 4 is 22.6 Å². The second kappa shape index (κ2) is 9.73. The molecular formula is C26H28N2O4. The van der Waals surface area contributed by atoms with E-state index in [0.29, 0.717) is 43.2 Å². The van der Waals surface area contributed by atoms with Gasteiger partial charge in [-0.05, 0) is 41.0 Å². The van der Waals surface area contributed by atoms with Crippen LogP contribution >= 0.6 is 0 Å². The van der Waals surface area contributed by atoms with Crippen LogP contribution in [0.3, 0.4) is 0 Å².